The minimum Gasteiger partial charge on any atom is -0.313 e. The number of hydrogen-bond donors (Lipinski definition) is 1. The highest BCUT2D eigenvalue weighted by atomic mass is 32.2. The van der Waals surface area contributed by atoms with Crippen molar-refractivity contribution < 1.29 is 0 Å². The van der Waals surface area contributed by atoms with E-state index in [0.717, 1.165) is 19.6 Å². The number of hydrogen-bond acceptors (Lipinski definition) is 3. The topological polar surface area (TPSA) is 15.3 Å². The van der Waals surface area contributed by atoms with Crippen LogP contribution >= 0.6 is 11.8 Å². The highest BCUT2D eigenvalue weighted by molar-refractivity contribution is 7.98. The van der Waals surface area contributed by atoms with Crippen molar-refractivity contribution in [2.24, 2.45) is 0 Å². The monoisotopic (exact) mass is 280 g/mol. The summed E-state index contributed by atoms with van der Waals surface area (Å²) in [6.45, 7) is 7.49. The van der Waals surface area contributed by atoms with Gasteiger partial charge in [-0.05, 0) is 50.1 Å². The van der Waals surface area contributed by atoms with E-state index in [1.807, 2.05) is 11.8 Å². The summed E-state index contributed by atoms with van der Waals surface area (Å²) in [6.07, 6.45) is 3.44. The van der Waals surface area contributed by atoms with Crippen LogP contribution in [0.3, 0.4) is 0 Å². The van der Waals surface area contributed by atoms with Crippen LogP contribution in [-0.2, 0) is 13.1 Å². The van der Waals surface area contributed by atoms with Crippen molar-refractivity contribution in [3.05, 3.63) is 35.4 Å². The molecular weight excluding hydrogens is 252 g/mol. The molecule has 1 aromatic rings. The van der Waals surface area contributed by atoms with Gasteiger partial charge in [0.05, 0.1) is 0 Å². The Bertz CT molecular complexity index is 354. The van der Waals surface area contributed by atoms with E-state index in [4.69, 9.17) is 0 Å². The van der Waals surface area contributed by atoms with Gasteiger partial charge >= 0.3 is 0 Å². The van der Waals surface area contributed by atoms with E-state index in [-0.39, 0.29) is 0 Å². The predicted molar refractivity (Wildman–Crippen MR) is 87.8 cm³/mol. The summed E-state index contributed by atoms with van der Waals surface area (Å²) < 4.78 is 0. The second-order valence-electron chi connectivity index (χ2n) is 5.15. The zero-order valence-corrected chi connectivity index (χ0v) is 13.6. The average Bonchev–Trinajstić information content (AvgIpc) is 2.42. The molecule has 1 rings (SSSR count). The van der Waals surface area contributed by atoms with Crippen molar-refractivity contribution in [2.45, 2.75) is 39.4 Å². The van der Waals surface area contributed by atoms with Gasteiger partial charge in [0.25, 0.3) is 0 Å². The van der Waals surface area contributed by atoms with Gasteiger partial charge in [0.2, 0.25) is 0 Å². The number of nitrogens with zero attached hydrogens (tertiary/aromatic N) is 1. The van der Waals surface area contributed by atoms with Crippen LogP contribution in [0.4, 0.5) is 0 Å². The first-order valence-electron chi connectivity index (χ1n) is 7.15. The molecule has 0 aromatic heterocycles. The second kappa shape index (κ2) is 9.40. The largest absolute Gasteiger partial charge is 0.313 e. The van der Waals surface area contributed by atoms with Crippen molar-refractivity contribution in [1.29, 1.82) is 0 Å². The highest BCUT2D eigenvalue weighted by Gasteiger charge is 2.09. The van der Waals surface area contributed by atoms with Crippen LogP contribution in [0.5, 0.6) is 0 Å². The third kappa shape index (κ3) is 6.46. The quantitative estimate of drug-likeness (QED) is 0.746. The first-order chi connectivity index (χ1) is 9.17. The molecule has 108 valence electrons. The molecule has 3 heteroatoms. The molecule has 0 bridgehead atoms. The number of benzene rings is 1. The normalized spacial score (nSPS) is 12.9. The molecule has 1 unspecified atom stereocenters. The molecule has 0 aliphatic rings. The van der Waals surface area contributed by atoms with Gasteiger partial charge in [-0.25, -0.2) is 0 Å². The minimum atomic E-state index is 0.643. The van der Waals surface area contributed by atoms with E-state index >= 15 is 0 Å². The van der Waals surface area contributed by atoms with E-state index in [1.165, 1.54) is 23.3 Å². The Hall–Kier alpha value is -0.510. The summed E-state index contributed by atoms with van der Waals surface area (Å²) in [5.41, 5.74) is 2.79. The molecular formula is C16H28N2S. The minimum absolute atomic E-state index is 0.643. The van der Waals surface area contributed by atoms with Crippen LogP contribution < -0.4 is 5.32 Å². The van der Waals surface area contributed by atoms with Crippen molar-refractivity contribution >= 4 is 11.8 Å². The Morgan fingerprint density at radius 3 is 2.74 bits per heavy atom. The summed E-state index contributed by atoms with van der Waals surface area (Å²) in [7, 11) is 2.22. The van der Waals surface area contributed by atoms with Crippen LogP contribution in [0.2, 0.25) is 0 Å². The molecule has 0 saturated carbocycles. The van der Waals surface area contributed by atoms with Crippen molar-refractivity contribution in [3.8, 4) is 0 Å². The Labute approximate surface area is 123 Å². The second-order valence-corrected chi connectivity index (χ2v) is 6.13. The number of rotatable bonds is 9. The van der Waals surface area contributed by atoms with E-state index in [0.29, 0.717) is 6.04 Å². The van der Waals surface area contributed by atoms with Gasteiger partial charge in [-0.1, -0.05) is 31.2 Å². The summed E-state index contributed by atoms with van der Waals surface area (Å²) in [4.78, 5) is 2.45. The lowest BCUT2D eigenvalue weighted by molar-refractivity contribution is 0.245. The molecule has 0 radical (unpaired) electrons. The molecule has 0 saturated heterocycles. The summed E-state index contributed by atoms with van der Waals surface area (Å²) >= 11 is 1.93. The summed E-state index contributed by atoms with van der Waals surface area (Å²) in [5, 5.41) is 3.38. The van der Waals surface area contributed by atoms with Crippen LogP contribution in [0.15, 0.2) is 24.3 Å². The molecule has 0 spiro atoms. The fourth-order valence-electron chi connectivity index (χ4n) is 2.06. The molecule has 0 amide bonds. The first kappa shape index (κ1) is 16.5. The first-order valence-corrected chi connectivity index (χ1v) is 8.54. The lowest BCUT2D eigenvalue weighted by Crippen LogP contribution is -2.29. The van der Waals surface area contributed by atoms with Gasteiger partial charge in [-0.15, -0.1) is 0 Å². The van der Waals surface area contributed by atoms with Crippen molar-refractivity contribution in [3.63, 3.8) is 0 Å². The molecule has 0 aliphatic carbocycles. The molecule has 2 nitrogen and oxygen atoms in total. The zero-order valence-electron chi connectivity index (χ0n) is 12.8. The van der Waals surface area contributed by atoms with Crippen molar-refractivity contribution in [2.75, 3.05) is 25.6 Å². The third-order valence-corrected chi connectivity index (χ3v) is 4.14. The Kier molecular flexibility index (Phi) is 8.19. The Morgan fingerprint density at radius 1 is 1.32 bits per heavy atom. The maximum atomic E-state index is 3.38. The van der Waals surface area contributed by atoms with Gasteiger partial charge in [-0.3, -0.25) is 4.90 Å². The molecule has 1 N–H and O–H groups in total. The van der Waals surface area contributed by atoms with E-state index in [9.17, 15) is 0 Å². The molecule has 1 atom stereocenters. The van der Waals surface area contributed by atoms with Gasteiger partial charge in [0.15, 0.2) is 0 Å². The smallest absolute Gasteiger partial charge is 0.0233 e. The standard InChI is InChI=1S/C16H28N2S/c1-5-17-12-15-7-6-8-16(11-15)13-18(3)14(2)9-10-19-4/h6-8,11,14,17H,5,9-10,12-13H2,1-4H3. The third-order valence-electron chi connectivity index (χ3n) is 3.49. The van der Waals surface area contributed by atoms with Crippen molar-refractivity contribution in [1.82, 2.24) is 10.2 Å². The highest BCUT2D eigenvalue weighted by Crippen LogP contribution is 2.12. The van der Waals surface area contributed by atoms with Gasteiger partial charge in [0.1, 0.15) is 0 Å². The average molecular weight is 280 g/mol. The number of nitrogens with one attached hydrogen (secondary N) is 1. The molecule has 19 heavy (non-hydrogen) atoms. The zero-order chi connectivity index (χ0) is 14.1. The fourth-order valence-corrected chi connectivity index (χ4v) is 2.64. The maximum Gasteiger partial charge on any atom is 0.0233 e. The molecule has 1 aromatic carbocycles. The van der Waals surface area contributed by atoms with E-state index in [1.54, 1.807) is 0 Å². The fraction of sp³-hybridized carbons (Fsp3) is 0.625. The number of thioether (sulfide) groups is 1. The van der Waals surface area contributed by atoms with Gasteiger partial charge in [0, 0.05) is 19.1 Å². The van der Waals surface area contributed by atoms with Gasteiger partial charge in [-0.2, -0.15) is 11.8 Å². The van der Waals surface area contributed by atoms with Crippen LogP contribution in [-0.4, -0.2) is 36.5 Å². The lowest BCUT2D eigenvalue weighted by atomic mass is 10.1. The maximum absolute atomic E-state index is 3.38. The molecule has 0 aliphatic heterocycles. The van der Waals surface area contributed by atoms with Crippen LogP contribution in [0.25, 0.3) is 0 Å². The van der Waals surface area contributed by atoms with Crippen LogP contribution in [0.1, 0.15) is 31.4 Å². The van der Waals surface area contributed by atoms with Crippen LogP contribution in [0, 0.1) is 0 Å². The predicted octanol–water partition coefficient (Wildman–Crippen LogP) is 3.37. The molecule has 0 fully saturated rings. The Balaban J connectivity index is 2.51. The SMILES string of the molecule is CCNCc1cccc(CN(C)C(C)CCSC)c1. The van der Waals surface area contributed by atoms with E-state index < -0.39 is 0 Å². The summed E-state index contributed by atoms with van der Waals surface area (Å²) in [5.74, 6) is 1.24. The summed E-state index contributed by atoms with van der Waals surface area (Å²) in [6, 6.07) is 9.56. The van der Waals surface area contributed by atoms with E-state index in [2.05, 4.69) is 61.6 Å². The molecule has 0 heterocycles. The van der Waals surface area contributed by atoms with Gasteiger partial charge < -0.3 is 5.32 Å². The Morgan fingerprint density at radius 2 is 2.05 bits per heavy atom. The lowest BCUT2D eigenvalue weighted by Gasteiger charge is -2.24.